The van der Waals surface area contributed by atoms with Crippen molar-refractivity contribution in [3.8, 4) is 0 Å². The number of rotatable bonds is 6. The highest BCUT2D eigenvalue weighted by Crippen LogP contribution is 2.59. The van der Waals surface area contributed by atoms with Gasteiger partial charge in [-0.2, -0.15) is 0 Å². The van der Waals surface area contributed by atoms with Gasteiger partial charge in [-0.1, -0.05) is 69.5 Å². The van der Waals surface area contributed by atoms with Crippen LogP contribution < -0.4 is 5.32 Å². The van der Waals surface area contributed by atoms with Gasteiger partial charge in [0.25, 0.3) is 5.91 Å². The fraction of sp³-hybridized carbons (Fsp3) is 0.600. The molecule has 4 aliphatic carbocycles. The Morgan fingerprint density at radius 2 is 1.83 bits per heavy atom. The highest BCUT2D eigenvalue weighted by atomic mass is 16.2. The molecule has 2 unspecified atom stereocenters. The number of fused-ring (bicyclic) bond motifs is 1. The number of allylic oxidation sites excluding steroid dienone is 1. The molecule has 1 aromatic rings. The summed E-state index contributed by atoms with van der Waals surface area (Å²) < 4.78 is 0. The number of nitrogens with one attached hydrogen (secondary N) is 1. The Bertz CT molecular complexity index is 777. The van der Waals surface area contributed by atoms with E-state index in [4.69, 9.17) is 0 Å². The normalized spacial score (nSPS) is 25.5. The topological polar surface area (TPSA) is 49.4 Å². The molecule has 4 nitrogen and oxygen atoms in total. The van der Waals surface area contributed by atoms with Crippen molar-refractivity contribution in [1.82, 2.24) is 10.2 Å². The SMILES string of the molecule is CC1(C)C2CC=C(C(=O)N(CC(=O)NC3CCCCC3)Cc3ccccc3)C1C2. The summed E-state index contributed by atoms with van der Waals surface area (Å²) in [5, 5.41) is 3.18. The Labute approximate surface area is 174 Å². The number of amides is 2. The molecule has 4 heteroatoms. The zero-order valence-corrected chi connectivity index (χ0v) is 17.8. The molecule has 2 amide bonds. The van der Waals surface area contributed by atoms with Gasteiger partial charge in [0.2, 0.25) is 5.91 Å². The van der Waals surface area contributed by atoms with Crippen molar-refractivity contribution in [1.29, 1.82) is 0 Å². The molecule has 29 heavy (non-hydrogen) atoms. The molecule has 1 aromatic carbocycles. The summed E-state index contributed by atoms with van der Waals surface area (Å²) in [6.45, 7) is 5.18. The average Bonchev–Trinajstić information content (AvgIpc) is 2.74. The maximum absolute atomic E-state index is 13.5. The van der Waals surface area contributed by atoms with Gasteiger partial charge in [0.1, 0.15) is 6.54 Å². The summed E-state index contributed by atoms with van der Waals surface area (Å²) in [4.78, 5) is 28.1. The summed E-state index contributed by atoms with van der Waals surface area (Å²) in [5.41, 5.74) is 2.19. The third-order valence-electron chi connectivity index (χ3n) is 7.52. The van der Waals surface area contributed by atoms with E-state index in [0.29, 0.717) is 18.4 Å². The Morgan fingerprint density at radius 3 is 2.48 bits per heavy atom. The van der Waals surface area contributed by atoms with Crippen LogP contribution in [-0.2, 0) is 16.1 Å². The second-order valence-electron chi connectivity index (χ2n) is 9.75. The number of hydrogen-bond donors (Lipinski definition) is 1. The lowest BCUT2D eigenvalue weighted by molar-refractivity contribution is -0.136. The summed E-state index contributed by atoms with van der Waals surface area (Å²) in [5.74, 6) is 1.04. The highest BCUT2D eigenvalue weighted by molar-refractivity contribution is 5.97. The Kier molecular flexibility index (Phi) is 5.80. The summed E-state index contributed by atoms with van der Waals surface area (Å²) in [6, 6.07) is 10.3. The molecule has 1 N–H and O–H groups in total. The molecular weight excluding hydrogens is 360 g/mol. The van der Waals surface area contributed by atoms with Crippen molar-refractivity contribution in [2.24, 2.45) is 17.3 Å². The lowest BCUT2D eigenvalue weighted by Gasteiger charge is -2.56. The lowest BCUT2D eigenvalue weighted by Crippen LogP contribution is -2.52. The van der Waals surface area contributed by atoms with Gasteiger partial charge < -0.3 is 10.2 Å². The number of benzene rings is 1. The first-order valence-electron chi connectivity index (χ1n) is 11.3. The molecule has 5 rings (SSSR count). The van der Waals surface area contributed by atoms with E-state index in [2.05, 4.69) is 25.2 Å². The van der Waals surface area contributed by atoms with E-state index < -0.39 is 0 Å². The minimum Gasteiger partial charge on any atom is -0.352 e. The van der Waals surface area contributed by atoms with Gasteiger partial charge in [-0.15, -0.1) is 0 Å². The van der Waals surface area contributed by atoms with Crippen molar-refractivity contribution < 1.29 is 9.59 Å². The van der Waals surface area contributed by atoms with Crippen LogP contribution in [0.25, 0.3) is 0 Å². The molecule has 2 saturated carbocycles. The average molecular weight is 395 g/mol. The van der Waals surface area contributed by atoms with Gasteiger partial charge in [-0.3, -0.25) is 9.59 Å². The molecule has 0 spiro atoms. The molecule has 0 heterocycles. The minimum atomic E-state index is -0.0247. The third kappa shape index (κ3) is 4.26. The van der Waals surface area contributed by atoms with Crippen LogP contribution >= 0.6 is 0 Å². The highest BCUT2D eigenvalue weighted by Gasteiger charge is 2.53. The maximum atomic E-state index is 13.5. The van der Waals surface area contributed by atoms with E-state index >= 15 is 0 Å². The fourth-order valence-corrected chi connectivity index (χ4v) is 5.47. The number of hydrogen-bond acceptors (Lipinski definition) is 2. The monoisotopic (exact) mass is 394 g/mol. The lowest BCUT2D eigenvalue weighted by atomic mass is 9.49. The third-order valence-corrected chi connectivity index (χ3v) is 7.52. The van der Waals surface area contributed by atoms with E-state index in [9.17, 15) is 9.59 Å². The van der Waals surface area contributed by atoms with Gasteiger partial charge in [0.15, 0.2) is 0 Å². The van der Waals surface area contributed by atoms with Gasteiger partial charge in [-0.05, 0) is 48.5 Å². The van der Waals surface area contributed by atoms with Crippen molar-refractivity contribution in [3.05, 3.63) is 47.5 Å². The Balaban J connectivity index is 1.48. The first kappa shape index (κ1) is 20.2. The largest absolute Gasteiger partial charge is 0.352 e. The molecule has 2 atom stereocenters. The van der Waals surface area contributed by atoms with Crippen molar-refractivity contribution in [2.45, 2.75) is 71.4 Å². The smallest absolute Gasteiger partial charge is 0.250 e. The quantitative estimate of drug-likeness (QED) is 0.775. The maximum Gasteiger partial charge on any atom is 0.250 e. The van der Waals surface area contributed by atoms with Crippen LogP contribution in [0.2, 0.25) is 0 Å². The van der Waals surface area contributed by atoms with Crippen LogP contribution in [0.5, 0.6) is 0 Å². The minimum absolute atomic E-state index is 0.0247. The van der Waals surface area contributed by atoms with Crippen LogP contribution in [0.15, 0.2) is 42.0 Å². The Hall–Kier alpha value is -2.10. The standard InChI is InChI=1S/C25H34N2O2/c1-25(2)19-13-14-21(22(25)15-19)24(29)27(16-18-9-5-3-6-10-18)17-23(28)26-20-11-7-4-8-12-20/h3,5-6,9-10,14,19-20,22H,4,7-8,11-13,15-17H2,1-2H3,(H,26,28). The van der Waals surface area contributed by atoms with Crippen molar-refractivity contribution >= 4 is 11.8 Å². The number of carbonyl (C=O) groups is 2. The first-order valence-corrected chi connectivity index (χ1v) is 11.3. The Morgan fingerprint density at radius 1 is 1.10 bits per heavy atom. The predicted molar refractivity (Wildman–Crippen MR) is 115 cm³/mol. The summed E-state index contributed by atoms with van der Waals surface area (Å²) >= 11 is 0. The number of carbonyl (C=O) groups excluding carboxylic acids is 2. The van der Waals surface area contributed by atoms with E-state index in [1.807, 2.05) is 30.3 Å². The molecular formula is C25H34N2O2. The van der Waals surface area contributed by atoms with E-state index in [-0.39, 0.29) is 29.8 Å². The van der Waals surface area contributed by atoms with Gasteiger partial charge >= 0.3 is 0 Å². The van der Waals surface area contributed by atoms with Gasteiger partial charge in [-0.25, -0.2) is 0 Å². The van der Waals surface area contributed by atoms with Crippen molar-refractivity contribution in [3.63, 3.8) is 0 Å². The first-order chi connectivity index (χ1) is 13.9. The molecule has 0 radical (unpaired) electrons. The summed E-state index contributed by atoms with van der Waals surface area (Å²) in [7, 11) is 0. The zero-order valence-electron chi connectivity index (χ0n) is 17.8. The van der Waals surface area contributed by atoms with E-state index in [1.54, 1.807) is 4.90 Å². The fourth-order valence-electron chi connectivity index (χ4n) is 5.47. The molecule has 0 saturated heterocycles. The van der Waals surface area contributed by atoms with Crippen LogP contribution in [0, 0.1) is 17.3 Å². The molecule has 0 aromatic heterocycles. The van der Waals surface area contributed by atoms with Crippen LogP contribution in [-0.4, -0.2) is 29.3 Å². The second kappa shape index (κ2) is 8.33. The van der Waals surface area contributed by atoms with Crippen LogP contribution in [0.1, 0.15) is 64.4 Å². The van der Waals surface area contributed by atoms with E-state index in [0.717, 1.165) is 36.8 Å². The molecule has 0 aliphatic heterocycles. The second-order valence-corrected chi connectivity index (χ2v) is 9.75. The predicted octanol–water partition coefficient (Wildman–Crippen LogP) is 4.46. The number of nitrogens with zero attached hydrogens (tertiary/aromatic N) is 1. The molecule has 2 bridgehead atoms. The van der Waals surface area contributed by atoms with Gasteiger partial charge in [0.05, 0.1) is 0 Å². The van der Waals surface area contributed by atoms with Crippen LogP contribution in [0.4, 0.5) is 0 Å². The molecule has 4 aliphatic rings. The molecule has 2 fully saturated rings. The molecule has 156 valence electrons. The van der Waals surface area contributed by atoms with E-state index in [1.165, 1.54) is 19.3 Å². The van der Waals surface area contributed by atoms with Gasteiger partial charge in [0, 0.05) is 18.2 Å². The van der Waals surface area contributed by atoms with Crippen LogP contribution in [0.3, 0.4) is 0 Å². The van der Waals surface area contributed by atoms with Crippen molar-refractivity contribution in [2.75, 3.05) is 6.54 Å². The zero-order chi connectivity index (χ0) is 20.4. The summed E-state index contributed by atoms with van der Waals surface area (Å²) in [6.07, 6.45) is 9.98.